The third-order valence-corrected chi connectivity index (χ3v) is 5.42. The van der Waals surface area contributed by atoms with Crippen LogP contribution in [0, 0.1) is 0 Å². The molecule has 0 spiro atoms. The lowest BCUT2D eigenvalue weighted by Gasteiger charge is -2.11. The second-order valence-corrected chi connectivity index (χ2v) is 7.78. The van der Waals surface area contributed by atoms with Gasteiger partial charge in [-0.25, -0.2) is 4.98 Å². The molecule has 0 aliphatic carbocycles. The van der Waals surface area contributed by atoms with Crippen LogP contribution in [0.1, 0.15) is 17.1 Å². The molecule has 0 atom stereocenters. The fourth-order valence-electron chi connectivity index (χ4n) is 3.35. The Hall–Kier alpha value is -2.89. The summed E-state index contributed by atoms with van der Waals surface area (Å²) in [6, 6.07) is 19.0. The number of hydrogen-bond acceptors (Lipinski definition) is 3. The van der Waals surface area contributed by atoms with Crippen LogP contribution in [-0.4, -0.2) is 27.0 Å². The molecule has 1 amide bonds. The van der Waals surface area contributed by atoms with Crippen LogP contribution in [0.5, 0.6) is 0 Å². The Morgan fingerprint density at radius 1 is 1.03 bits per heavy atom. The first-order valence-corrected chi connectivity index (χ1v) is 10.4. The van der Waals surface area contributed by atoms with Crippen LogP contribution < -0.4 is 5.32 Å². The number of para-hydroxylation sites is 2. The number of amides is 1. The van der Waals surface area contributed by atoms with Gasteiger partial charge in [0, 0.05) is 41.3 Å². The summed E-state index contributed by atoms with van der Waals surface area (Å²) < 4.78 is 1.94. The summed E-state index contributed by atoms with van der Waals surface area (Å²) in [4.78, 5) is 21.6. The van der Waals surface area contributed by atoms with E-state index in [9.17, 15) is 4.79 Å². The van der Waals surface area contributed by atoms with Crippen molar-refractivity contribution in [3.05, 3.63) is 94.0 Å². The molecule has 0 saturated heterocycles. The number of nitrogens with zero attached hydrogens (tertiary/aromatic N) is 3. The van der Waals surface area contributed by atoms with E-state index in [0.717, 1.165) is 28.1 Å². The van der Waals surface area contributed by atoms with Crippen molar-refractivity contribution in [1.29, 1.82) is 0 Å². The number of halogens is 2. The van der Waals surface area contributed by atoms with Crippen molar-refractivity contribution in [2.24, 2.45) is 0 Å². The fraction of sp³-hybridized carbons (Fsp3) is 0.174. The Labute approximate surface area is 184 Å². The van der Waals surface area contributed by atoms with Gasteiger partial charge in [0.2, 0.25) is 5.91 Å². The summed E-state index contributed by atoms with van der Waals surface area (Å²) in [5, 5.41) is 4.14. The number of aromatic nitrogens is 3. The van der Waals surface area contributed by atoms with Gasteiger partial charge in [0.25, 0.3) is 0 Å². The average molecular weight is 439 g/mol. The highest BCUT2D eigenvalue weighted by Crippen LogP contribution is 2.25. The Morgan fingerprint density at radius 3 is 2.67 bits per heavy atom. The van der Waals surface area contributed by atoms with E-state index in [0.29, 0.717) is 29.4 Å². The molecule has 0 bridgehead atoms. The minimum absolute atomic E-state index is 0.0717. The lowest BCUT2D eigenvalue weighted by Crippen LogP contribution is -2.30. The molecule has 0 unspecified atom stereocenters. The zero-order chi connectivity index (χ0) is 20.9. The largest absolute Gasteiger partial charge is 0.354 e. The number of carbonyl (C=O) groups excluding carboxylic acids is 1. The summed E-state index contributed by atoms with van der Waals surface area (Å²) in [7, 11) is 0. The molecule has 0 aliphatic rings. The van der Waals surface area contributed by atoms with Crippen LogP contribution >= 0.6 is 23.2 Å². The summed E-state index contributed by atoms with van der Waals surface area (Å²) in [5.41, 5.74) is 3.62. The van der Waals surface area contributed by atoms with Crippen LogP contribution in [0.4, 0.5) is 0 Å². The maximum atomic E-state index is 12.6. The fourth-order valence-corrected chi connectivity index (χ4v) is 3.82. The highest BCUT2D eigenvalue weighted by molar-refractivity contribution is 6.35. The van der Waals surface area contributed by atoms with Gasteiger partial charge in [0.15, 0.2) is 0 Å². The Morgan fingerprint density at radius 2 is 1.87 bits per heavy atom. The number of imidazole rings is 1. The third kappa shape index (κ3) is 4.81. The normalized spacial score (nSPS) is 11.0. The van der Waals surface area contributed by atoms with Gasteiger partial charge in [-0.1, -0.05) is 47.5 Å². The number of carbonyl (C=O) groups is 1. The number of pyridine rings is 1. The molecule has 0 fully saturated rings. The second kappa shape index (κ2) is 9.28. The van der Waals surface area contributed by atoms with Crippen molar-refractivity contribution in [3.63, 3.8) is 0 Å². The lowest BCUT2D eigenvalue weighted by molar-refractivity contribution is -0.121. The van der Waals surface area contributed by atoms with Gasteiger partial charge in [-0.3, -0.25) is 9.78 Å². The van der Waals surface area contributed by atoms with Crippen LogP contribution in [0.2, 0.25) is 10.0 Å². The Bertz CT molecular complexity index is 1170. The topological polar surface area (TPSA) is 59.8 Å². The number of benzene rings is 2. The summed E-state index contributed by atoms with van der Waals surface area (Å²) >= 11 is 12.4. The predicted molar refractivity (Wildman–Crippen MR) is 120 cm³/mol. The van der Waals surface area contributed by atoms with Gasteiger partial charge in [0.1, 0.15) is 12.4 Å². The third-order valence-electron chi connectivity index (χ3n) is 4.83. The van der Waals surface area contributed by atoms with Crippen LogP contribution in [-0.2, 0) is 24.2 Å². The number of hydrogen-bond donors (Lipinski definition) is 1. The highest BCUT2D eigenvalue weighted by atomic mass is 35.5. The molecule has 0 saturated carbocycles. The smallest absolute Gasteiger partial charge is 0.240 e. The summed E-state index contributed by atoms with van der Waals surface area (Å²) in [5.74, 6) is 0.706. The molecule has 30 heavy (non-hydrogen) atoms. The van der Waals surface area contributed by atoms with E-state index in [4.69, 9.17) is 28.2 Å². The molecule has 0 aliphatic heterocycles. The number of nitrogens with one attached hydrogen (secondary N) is 1. The first-order valence-electron chi connectivity index (χ1n) is 9.65. The van der Waals surface area contributed by atoms with E-state index in [2.05, 4.69) is 10.3 Å². The SMILES string of the molecule is O=C(Cn1c(Cc2ccc(Cl)cc2Cl)nc2ccccc21)NCCc1ccccn1. The molecule has 152 valence electrons. The molecular weight excluding hydrogens is 419 g/mol. The average Bonchev–Trinajstić information content (AvgIpc) is 3.08. The van der Waals surface area contributed by atoms with Crippen molar-refractivity contribution >= 4 is 40.1 Å². The molecule has 2 aromatic heterocycles. The monoisotopic (exact) mass is 438 g/mol. The van der Waals surface area contributed by atoms with Gasteiger partial charge in [-0.2, -0.15) is 0 Å². The summed E-state index contributed by atoms with van der Waals surface area (Å²) in [6.45, 7) is 0.712. The maximum absolute atomic E-state index is 12.6. The number of fused-ring (bicyclic) bond motifs is 1. The van der Waals surface area contributed by atoms with E-state index >= 15 is 0 Å². The van der Waals surface area contributed by atoms with Crippen molar-refractivity contribution in [2.75, 3.05) is 6.54 Å². The van der Waals surface area contributed by atoms with Gasteiger partial charge in [0.05, 0.1) is 11.0 Å². The molecule has 0 radical (unpaired) electrons. The molecule has 4 aromatic rings. The van der Waals surface area contributed by atoms with Crippen LogP contribution in [0.15, 0.2) is 66.9 Å². The Balaban J connectivity index is 1.52. The molecular formula is C23H20Cl2N4O. The quantitative estimate of drug-likeness (QED) is 0.455. The van der Waals surface area contributed by atoms with Crippen molar-refractivity contribution < 1.29 is 4.79 Å². The molecule has 7 heteroatoms. The molecule has 1 N–H and O–H groups in total. The van der Waals surface area contributed by atoms with E-state index in [1.54, 1.807) is 18.3 Å². The number of rotatable bonds is 7. The maximum Gasteiger partial charge on any atom is 0.240 e. The van der Waals surface area contributed by atoms with Gasteiger partial charge < -0.3 is 9.88 Å². The highest BCUT2D eigenvalue weighted by Gasteiger charge is 2.15. The van der Waals surface area contributed by atoms with E-state index in [1.165, 1.54) is 0 Å². The second-order valence-electron chi connectivity index (χ2n) is 6.94. The molecule has 5 nitrogen and oxygen atoms in total. The van der Waals surface area contributed by atoms with Gasteiger partial charge in [-0.05, 0) is 42.0 Å². The van der Waals surface area contributed by atoms with E-state index in [1.807, 2.05) is 53.1 Å². The van der Waals surface area contributed by atoms with E-state index in [-0.39, 0.29) is 12.5 Å². The van der Waals surface area contributed by atoms with Crippen LogP contribution in [0.25, 0.3) is 11.0 Å². The standard InChI is InChI=1S/C23H20Cl2N4O/c24-17-9-8-16(19(25)14-17)13-22-28-20-6-1-2-7-21(20)29(22)15-23(30)27-12-10-18-5-3-4-11-26-18/h1-9,11,14H,10,12-13,15H2,(H,27,30). The van der Waals surface area contributed by atoms with Crippen molar-refractivity contribution in [2.45, 2.75) is 19.4 Å². The predicted octanol–water partition coefficient (Wildman–Crippen LogP) is 4.69. The van der Waals surface area contributed by atoms with Gasteiger partial charge >= 0.3 is 0 Å². The summed E-state index contributed by atoms with van der Waals surface area (Å²) in [6.07, 6.45) is 2.94. The first kappa shape index (κ1) is 20.4. The zero-order valence-electron chi connectivity index (χ0n) is 16.2. The minimum atomic E-state index is -0.0717. The van der Waals surface area contributed by atoms with Gasteiger partial charge in [-0.15, -0.1) is 0 Å². The van der Waals surface area contributed by atoms with E-state index < -0.39 is 0 Å². The first-order chi connectivity index (χ1) is 14.6. The molecule has 4 rings (SSSR count). The lowest BCUT2D eigenvalue weighted by atomic mass is 10.1. The minimum Gasteiger partial charge on any atom is -0.354 e. The Kier molecular flexibility index (Phi) is 6.31. The van der Waals surface area contributed by atoms with Crippen molar-refractivity contribution in [1.82, 2.24) is 19.9 Å². The zero-order valence-corrected chi connectivity index (χ0v) is 17.7. The molecule has 2 aromatic carbocycles. The van der Waals surface area contributed by atoms with Crippen LogP contribution in [0.3, 0.4) is 0 Å². The van der Waals surface area contributed by atoms with Crippen molar-refractivity contribution in [3.8, 4) is 0 Å². The molecule has 2 heterocycles.